The summed E-state index contributed by atoms with van der Waals surface area (Å²) in [5.74, 6) is 0.363. The number of carbonyl (C=O) groups is 1. The molecule has 1 saturated heterocycles. The predicted octanol–water partition coefficient (Wildman–Crippen LogP) is 1.14. The molecule has 3 rings (SSSR count). The summed E-state index contributed by atoms with van der Waals surface area (Å²) in [7, 11) is 2.09. The van der Waals surface area contributed by atoms with Crippen LogP contribution < -0.4 is 5.32 Å². The van der Waals surface area contributed by atoms with Crippen molar-refractivity contribution in [3.63, 3.8) is 0 Å². The largest absolute Gasteiger partial charge is 0.349 e. The highest BCUT2D eigenvalue weighted by Gasteiger charge is 2.20. The van der Waals surface area contributed by atoms with E-state index in [-0.39, 0.29) is 11.9 Å². The van der Waals surface area contributed by atoms with Crippen molar-refractivity contribution in [2.24, 2.45) is 0 Å². The van der Waals surface area contributed by atoms with Crippen LogP contribution in [0.5, 0.6) is 0 Å². The number of likely N-dealkylation sites (tertiary alicyclic amines) is 1. The van der Waals surface area contributed by atoms with Crippen LogP contribution in [0.2, 0.25) is 5.02 Å². The standard InChI is InChI=1S/C14H17ClN6O/c1-20-4-2-11(3-5-20)19-14(22)10-6-12(15)13(16-7-10)21-8-17-18-9-21/h6-9,11H,2-5H2,1H3,(H,19,22). The normalized spacial score (nSPS) is 16.6. The zero-order valence-electron chi connectivity index (χ0n) is 12.2. The van der Waals surface area contributed by atoms with E-state index in [9.17, 15) is 4.79 Å². The van der Waals surface area contributed by atoms with Gasteiger partial charge in [-0.25, -0.2) is 4.98 Å². The number of amides is 1. The fraction of sp³-hybridized carbons (Fsp3) is 0.429. The zero-order valence-corrected chi connectivity index (χ0v) is 13.0. The molecule has 1 aliphatic heterocycles. The maximum atomic E-state index is 12.3. The SMILES string of the molecule is CN1CCC(NC(=O)c2cnc(-n3cnnc3)c(Cl)c2)CC1. The number of hydrogen-bond acceptors (Lipinski definition) is 5. The van der Waals surface area contributed by atoms with E-state index in [1.165, 1.54) is 18.9 Å². The minimum atomic E-state index is -0.140. The third kappa shape index (κ3) is 3.26. The highest BCUT2D eigenvalue weighted by molar-refractivity contribution is 6.32. The van der Waals surface area contributed by atoms with Crippen LogP contribution in [0.25, 0.3) is 5.82 Å². The second-order valence-electron chi connectivity index (χ2n) is 5.45. The molecule has 1 aliphatic rings. The zero-order chi connectivity index (χ0) is 15.5. The Labute approximate surface area is 133 Å². The second-order valence-corrected chi connectivity index (χ2v) is 5.86. The van der Waals surface area contributed by atoms with Gasteiger partial charge in [0.15, 0.2) is 5.82 Å². The molecule has 1 fully saturated rings. The van der Waals surface area contributed by atoms with E-state index in [4.69, 9.17) is 11.6 Å². The average Bonchev–Trinajstić information content (AvgIpc) is 3.03. The van der Waals surface area contributed by atoms with E-state index in [0.29, 0.717) is 16.4 Å². The first-order chi connectivity index (χ1) is 10.6. The Morgan fingerprint density at radius 2 is 2.00 bits per heavy atom. The molecule has 1 N–H and O–H groups in total. The first-order valence-electron chi connectivity index (χ1n) is 7.13. The second kappa shape index (κ2) is 6.41. The van der Waals surface area contributed by atoms with Crippen LogP contribution >= 0.6 is 11.6 Å². The van der Waals surface area contributed by atoms with Crippen molar-refractivity contribution in [1.82, 2.24) is 30.0 Å². The number of pyridine rings is 1. The van der Waals surface area contributed by atoms with E-state index < -0.39 is 0 Å². The molecular formula is C14H17ClN6O. The lowest BCUT2D eigenvalue weighted by Gasteiger charge is -2.29. The molecule has 22 heavy (non-hydrogen) atoms. The quantitative estimate of drug-likeness (QED) is 0.918. The van der Waals surface area contributed by atoms with Crippen LogP contribution in [-0.4, -0.2) is 56.7 Å². The molecule has 3 heterocycles. The van der Waals surface area contributed by atoms with Gasteiger partial charge in [0.1, 0.15) is 12.7 Å². The Balaban J connectivity index is 1.69. The van der Waals surface area contributed by atoms with Crippen molar-refractivity contribution in [2.75, 3.05) is 20.1 Å². The van der Waals surface area contributed by atoms with Crippen LogP contribution in [0.3, 0.4) is 0 Å². The van der Waals surface area contributed by atoms with Gasteiger partial charge in [0.25, 0.3) is 5.91 Å². The fourth-order valence-electron chi connectivity index (χ4n) is 2.48. The highest BCUT2D eigenvalue weighted by Crippen LogP contribution is 2.19. The highest BCUT2D eigenvalue weighted by atomic mass is 35.5. The van der Waals surface area contributed by atoms with Gasteiger partial charge in [-0.1, -0.05) is 11.6 Å². The summed E-state index contributed by atoms with van der Waals surface area (Å²) in [5, 5.41) is 10.8. The van der Waals surface area contributed by atoms with Gasteiger partial charge < -0.3 is 10.2 Å². The number of nitrogens with zero attached hydrogens (tertiary/aromatic N) is 5. The van der Waals surface area contributed by atoms with Gasteiger partial charge in [-0.05, 0) is 39.0 Å². The van der Waals surface area contributed by atoms with Gasteiger partial charge in [0.05, 0.1) is 10.6 Å². The summed E-state index contributed by atoms with van der Waals surface area (Å²) in [4.78, 5) is 18.8. The molecule has 0 radical (unpaired) electrons. The third-order valence-electron chi connectivity index (χ3n) is 3.80. The summed E-state index contributed by atoms with van der Waals surface area (Å²) in [6.45, 7) is 1.99. The first-order valence-corrected chi connectivity index (χ1v) is 7.51. The average molecular weight is 321 g/mol. The van der Waals surface area contributed by atoms with Crippen LogP contribution in [-0.2, 0) is 0 Å². The van der Waals surface area contributed by atoms with Crippen molar-refractivity contribution < 1.29 is 4.79 Å². The van der Waals surface area contributed by atoms with Crippen LogP contribution in [0.1, 0.15) is 23.2 Å². The summed E-state index contributed by atoms with van der Waals surface area (Å²) in [6, 6.07) is 1.83. The number of aromatic nitrogens is 4. The van der Waals surface area contributed by atoms with Crippen LogP contribution in [0.4, 0.5) is 0 Å². The number of nitrogens with one attached hydrogen (secondary N) is 1. The third-order valence-corrected chi connectivity index (χ3v) is 4.08. The minimum Gasteiger partial charge on any atom is -0.349 e. The van der Waals surface area contributed by atoms with E-state index >= 15 is 0 Å². The molecule has 0 bridgehead atoms. The van der Waals surface area contributed by atoms with Gasteiger partial charge in [0, 0.05) is 12.2 Å². The van der Waals surface area contributed by atoms with E-state index in [2.05, 4.69) is 32.4 Å². The molecule has 0 unspecified atom stereocenters. The predicted molar refractivity (Wildman–Crippen MR) is 82.1 cm³/mol. The van der Waals surface area contributed by atoms with E-state index in [0.717, 1.165) is 25.9 Å². The molecule has 0 atom stereocenters. The Bertz CT molecular complexity index is 651. The van der Waals surface area contributed by atoms with Crippen molar-refractivity contribution in [3.05, 3.63) is 35.5 Å². The lowest BCUT2D eigenvalue weighted by atomic mass is 10.1. The molecule has 0 aromatic carbocycles. The van der Waals surface area contributed by atoms with Crippen LogP contribution in [0.15, 0.2) is 24.9 Å². The monoisotopic (exact) mass is 320 g/mol. The van der Waals surface area contributed by atoms with Crippen molar-refractivity contribution in [1.29, 1.82) is 0 Å². The number of carbonyl (C=O) groups excluding carboxylic acids is 1. The van der Waals surface area contributed by atoms with E-state index in [1.54, 1.807) is 10.6 Å². The van der Waals surface area contributed by atoms with Gasteiger partial charge in [-0.3, -0.25) is 9.36 Å². The summed E-state index contributed by atoms with van der Waals surface area (Å²) < 4.78 is 1.60. The summed E-state index contributed by atoms with van der Waals surface area (Å²) in [6.07, 6.45) is 6.45. The molecule has 1 amide bonds. The van der Waals surface area contributed by atoms with Gasteiger partial charge in [0.2, 0.25) is 0 Å². The molecule has 116 valence electrons. The van der Waals surface area contributed by atoms with Gasteiger partial charge >= 0.3 is 0 Å². The smallest absolute Gasteiger partial charge is 0.253 e. The number of hydrogen-bond donors (Lipinski definition) is 1. The molecule has 8 heteroatoms. The number of piperidine rings is 1. The Morgan fingerprint density at radius 1 is 1.32 bits per heavy atom. The molecular weight excluding hydrogens is 304 g/mol. The summed E-state index contributed by atoms with van der Waals surface area (Å²) >= 11 is 6.20. The topological polar surface area (TPSA) is 75.9 Å². The first kappa shape index (κ1) is 14.9. The fourth-order valence-corrected chi connectivity index (χ4v) is 2.74. The number of rotatable bonds is 3. The van der Waals surface area contributed by atoms with Crippen molar-refractivity contribution in [2.45, 2.75) is 18.9 Å². The van der Waals surface area contributed by atoms with E-state index in [1.807, 2.05) is 0 Å². The molecule has 7 nitrogen and oxygen atoms in total. The number of halogens is 1. The molecule has 0 spiro atoms. The van der Waals surface area contributed by atoms with Crippen molar-refractivity contribution in [3.8, 4) is 5.82 Å². The van der Waals surface area contributed by atoms with Crippen LogP contribution in [0, 0.1) is 0 Å². The Kier molecular flexibility index (Phi) is 4.35. The molecule has 0 saturated carbocycles. The summed E-state index contributed by atoms with van der Waals surface area (Å²) in [5.41, 5.74) is 0.459. The minimum absolute atomic E-state index is 0.140. The van der Waals surface area contributed by atoms with Crippen molar-refractivity contribution >= 4 is 17.5 Å². The lowest BCUT2D eigenvalue weighted by Crippen LogP contribution is -2.43. The molecule has 0 aliphatic carbocycles. The molecule has 2 aromatic heterocycles. The Morgan fingerprint density at radius 3 is 2.64 bits per heavy atom. The maximum absolute atomic E-state index is 12.3. The van der Waals surface area contributed by atoms with Gasteiger partial charge in [-0.2, -0.15) is 0 Å². The lowest BCUT2D eigenvalue weighted by molar-refractivity contribution is 0.0916. The Hall–Kier alpha value is -1.99. The van der Waals surface area contributed by atoms with Gasteiger partial charge in [-0.15, -0.1) is 10.2 Å². The molecule has 2 aromatic rings. The maximum Gasteiger partial charge on any atom is 0.253 e.